The van der Waals surface area contributed by atoms with Crippen LogP contribution < -0.4 is 10.2 Å². The number of esters is 1. The van der Waals surface area contributed by atoms with Gasteiger partial charge in [0.1, 0.15) is 12.0 Å². The number of pyridine rings is 2. The minimum Gasteiger partial charge on any atom is -0.465 e. The SMILES string of the molecule is COC(=O)c1ccc(Nc2ccnc3ccc(N4CC(F)C4)cc23)nc1. The monoisotopic (exact) mass is 352 g/mol. The number of nitrogens with zero attached hydrogens (tertiary/aromatic N) is 3. The second-order valence-electron chi connectivity index (χ2n) is 6.11. The van der Waals surface area contributed by atoms with Gasteiger partial charge in [-0.25, -0.2) is 14.2 Å². The van der Waals surface area contributed by atoms with Gasteiger partial charge in [-0.1, -0.05) is 0 Å². The highest BCUT2D eigenvalue weighted by Gasteiger charge is 2.26. The van der Waals surface area contributed by atoms with Gasteiger partial charge >= 0.3 is 5.97 Å². The zero-order valence-corrected chi connectivity index (χ0v) is 14.1. The highest BCUT2D eigenvalue weighted by atomic mass is 19.1. The van der Waals surface area contributed by atoms with Gasteiger partial charge in [0, 0.05) is 23.5 Å². The van der Waals surface area contributed by atoms with Crippen LogP contribution in [0.25, 0.3) is 10.9 Å². The molecule has 1 saturated heterocycles. The van der Waals surface area contributed by atoms with Crippen molar-refractivity contribution in [1.82, 2.24) is 9.97 Å². The Hall–Kier alpha value is -3.22. The maximum atomic E-state index is 13.1. The molecule has 0 amide bonds. The lowest BCUT2D eigenvalue weighted by Crippen LogP contribution is -2.48. The molecule has 132 valence electrons. The number of aromatic nitrogens is 2. The van der Waals surface area contributed by atoms with Gasteiger partial charge in [0.05, 0.1) is 37.0 Å². The van der Waals surface area contributed by atoms with E-state index in [1.807, 2.05) is 29.2 Å². The molecule has 0 aliphatic carbocycles. The molecule has 0 saturated carbocycles. The van der Waals surface area contributed by atoms with Crippen molar-refractivity contribution < 1.29 is 13.9 Å². The Labute approximate surface area is 149 Å². The number of fused-ring (bicyclic) bond motifs is 1. The Morgan fingerprint density at radius 3 is 2.77 bits per heavy atom. The number of alkyl halides is 1. The van der Waals surface area contributed by atoms with Gasteiger partial charge in [-0.2, -0.15) is 0 Å². The molecule has 3 heterocycles. The van der Waals surface area contributed by atoms with Gasteiger partial charge in [-0.05, 0) is 36.4 Å². The Morgan fingerprint density at radius 1 is 1.23 bits per heavy atom. The largest absolute Gasteiger partial charge is 0.465 e. The van der Waals surface area contributed by atoms with Crippen molar-refractivity contribution in [2.45, 2.75) is 6.17 Å². The summed E-state index contributed by atoms with van der Waals surface area (Å²) in [5.41, 5.74) is 3.03. The van der Waals surface area contributed by atoms with Crippen LogP contribution in [0.4, 0.5) is 21.6 Å². The standard InChI is InChI=1S/C19H17FN4O2/c1-26-19(25)12-2-5-18(22-9-12)23-17-6-7-21-16-4-3-14(8-15(16)17)24-10-13(20)11-24/h2-9,13H,10-11H2,1H3,(H,21,22,23). The summed E-state index contributed by atoms with van der Waals surface area (Å²) in [6.07, 6.45) is 2.42. The highest BCUT2D eigenvalue weighted by molar-refractivity contribution is 5.95. The van der Waals surface area contributed by atoms with Crippen molar-refractivity contribution in [2.24, 2.45) is 0 Å². The number of nitrogens with one attached hydrogen (secondary N) is 1. The molecular weight excluding hydrogens is 335 g/mol. The molecule has 1 aliphatic heterocycles. The van der Waals surface area contributed by atoms with Crippen LogP contribution in [0, 0.1) is 0 Å². The van der Waals surface area contributed by atoms with E-state index in [9.17, 15) is 9.18 Å². The molecule has 1 aromatic carbocycles. The summed E-state index contributed by atoms with van der Waals surface area (Å²) in [5.74, 6) is 0.173. The predicted molar refractivity (Wildman–Crippen MR) is 97.7 cm³/mol. The van der Waals surface area contributed by atoms with Crippen molar-refractivity contribution in [3.8, 4) is 0 Å². The minimum absolute atomic E-state index is 0.387. The molecule has 0 spiro atoms. The number of methoxy groups -OCH3 is 1. The summed E-state index contributed by atoms with van der Waals surface area (Å²) in [5, 5.41) is 4.17. The fraction of sp³-hybridized carbons (Fsp3) is 0.211. The highest BCUT2D eigenvalue weighted by Crippen LogP contribution is 2.30. The van der Waals surface area contributed by atoms with Crippen LogP contribution in [0.3, 0.4) is 0 Å². The van der Waals surface area contributed by atoms with E-state index in [0.29, 0.717) is 24.5 Å². The van der Waals surface area contributed by atoms with Gasteiger partial charge in [0.2, 0.25) is 0 Å². The van der Waals surface area contributed by atoms with E-state index in [2.05, 4.69) is 20.0 Å². The molecule has 26 heavy (non-hydrogen) atoms. The average Bonchev–Trinajstić information content (AvgIpc) is 2.65. The smallest absolute Gasteiger partial charge is 0.339 e. The summed E-state index contributed by atoms with van der Waals surface area (Å²) in [6.45, 7) is 0.843. The zero-order valence-electron chi connectivity index (χ0n) is 14.1. The lowest BCUT2D eigenvalue weighted by atomic mass is 10.1. The summed E-state index contributed by atoms with van der Waals surface area (Å²) >= 11 is 0. The van der Waals surface area contributed by atoms with Crippen molar-refractivity contribution >= 4 is 34.1 Å². The van der Waals surface area contributed by atoms with E-state index in [1.165, 1.54) is 13.3 Å². The molecule has 1 aliphatic rings. The first-order valence-electron chi connectivity index (χ1n) is 8.23. The average molecular weight is 352 g/mol. The fourth-order valence-corrected chi connectivity index (χ4v) is 2.92. The summed E-state index contributed by atoms with van der Waals surface area (Å²) < 4.78 is 17.8. The molecule has 0 unspecified atom stereocenters. The molecule has 0 bridgehead atoms. The molecule has 2 aromatic heterocycles. The van der Waals surface area contributed by atoms with Crippen molar-refractivity contribution in [3.05, 3.63) is 54.4 Å². The zero-order chi connectivity index (χ0) is 18.1. The number of anilines is 3. The predicted octanol–water partition coefficient (Wildman–Crippen LogP) is 3.32. The number of halogens is 1. The molecular formula is C19H17FN4O2. The van der Waals surface area contributed by atoms with Crippen molar-refractivity contribution in [1.29, 1.82) is 0 Å². The Morgan fingerprint density at radius 2 is 2.08 bits per heavy atom. The number of ether oxygens (including phenoxy) is 1. The quantitative estimate of drug-likeness (QED) is 0.727. The van der Waals surface area contributed by atoms with Crippen LogP contribution in [-0.2, 0) is 4.74 Å². The Kier molecular flexibility index (Phi) is 4.12. The van der Waals surface area contributed by atoms with E-state index in [4.69, 9.17) is 0 Å². The third kappa shape index (κ3) is 3.03. The van der Waals surface area contributed by atoms with E-state index >= 15 is 0 Å². The van der Waals surface area contributed by atoms with Crippen LogP contribution >= 0.6 is 0 Å². The molecule has 3 aromatic rings. The number of hydrogen-bond donors (Lipinski definition) is 1. The number of rotatable bonds is 4. The molecule has 0 atom stereocenters. The second kappa shape index (κ2) is 6.59. The molecule has 1 fully saturated rings. The third-order valence-electron chi connectivity index (χ3n) is 4.37. The van der Waals surface area contributed by atoms with Crippen molar-refractivity contribution in [2.75, 3.05) is 30.4 Å². The van der Waals surface area contributed by atoms with E-state index < -0.39 is 12.1 Å². The molecule has 1 N–H and O–H groups in total. The van der Waals surface area contributed by atoms with Gasteiger partial charge in [0.15, 0.2) is 0 Å². The number of hydrogen-bond acceptors (Lipinski definition) is 6. The third-order valence-corrected chi connectivity index (χ3v) is 4.37. The Balaban J connectivity index is 1.63. The first-order chi connectivity index (χ1) is 12.6. The van der Waals surface area contributed by atoms with Gasteiger partial charge in [0.25, 0.3) is 0 Å². The number of carbonyl (C=O) groups excluding carboxylic acids is 1. The molecule has 0 radical (unpaired) electrons. The molecule has 7 heteroatoms. The summed E-state index contributed by atoms with van der Waals surface area (Å²) in [4.78, 5) is 22.1. The maximum absolute atomic E-state index is 13.1. The van der Waals surface area contributed by atoms with Crippen LogP contribution in [-0.4, -0.2) is 42.3 Å². The van der Waals surface area contributed by atoms with Crippen LogP contribution in [0.2, 0.25) is 0 Å². The van der Waals surface area contributed by atoms with E-state index in [0.717, 1.165) is 22.3 Å². The van der Waals surface area contributed by atoms with E-state index in [-0.39, 0.29) is 0 Å². The van der Waals surface area contributed by atoms with Crippen LogP contribution in [0.1, 0.15) is 10.4 Å². The maximum Gasteiger partial charge on any atom is 0.339 e. The molecule has 4 rings (SSSR count). The topological polar surface area (TPSA) is 67.3 Å². The lowest BCUT2D eigenvalue weighted by molar-refractivity contribution is 0.0600. The van der Waals surface area contributed by atoms with Crippen LogP contribution in [0.15, 0.2) is 48.8 Å². The van der Waals surface area contributed by atoms with Crippen molar-refractivity contribution in [3.63, 3.8) is 0 Å². The number of carbonyl (C=O) groups is 1. The summed E-state index contributed by atoms with van der Waals surface area (Å²) in [7, 11) is 1.33. The minimum atomic E-state index is -0.755. The summed E-state index contributed by atoms with van der Waals surface area (Å²) in [6, 6.07) is 11.1. The normalized spacial score (nSPS) is 14.2. The van der Waals surface area contributed by atoms with Gasteiger partial charge in [-0.3, -0.25) is 4.98 Å². The first-order valence-corrected chi connectivity index (χ1v) is 8.23. The van der Waals surface area contributed by atoms with Crippen LogP contribution in [0.5, 0.6) is 0 Å². The Bertz CT molecular complexity index is 955. The van der Waals surface area contributed by atoms with E-state index in [1.54, 1.807) is 18.3 Å². The number of benzene rings is 1. The fourth-order valence-electron chi connectivity index (χ4n) is 2.92. The molecule has 6 nitrogen and oxygen atoms in total. The first kappa shape index (κ1) is 16.3. The second-order valence-corrected chi connectivity index (χ2v) is 6.11. The van der Waals surface area contributed by atoms with Gasteiger partial charge in [-0.15, -0.1) is 0 Å². The van der Waals surface area contributed by atoms with Gasteiger partial charge < -0.3 is 15.0 Å². The lowest BCUT2D eigenvalue weighted by Gasteiger charge is -2.36.